The lowest BCUT2D eigenvalue weighted by atomic mass is 9.79. The van der Waals surface area contributed by atoms with E-state index in [4.69, 9.17) is 4.74 Å². The van der Waals surface area contributed by atoms with Crippen molar-refractivity contribution in [3.63, 3.8) is 0 Å². The Morgan fingerprint density at radius 1 is 1.19 bits per heavy atom. The number of piperidine rings is 3. The van der Waals surface area contributed by atoms with Gasteiger partial charge in [-0.15, -0.1) is 0 Å². The van der Waals surface area contributed by atoms with E-state index in [0.29, 0.717) is 17.7 Å². The highest BCUT2D eigenvalue weighted by Gasteiger charge is 2.40. The molecule has 0 spiro atoms. The van der Waals surface area contributed by atoms with E-state index in [9.17, 15) is 4.79 Å². The van der Waals surface area contributed by atoms with E-state index in [1.165, 1.54) is 25.9 Å². The minimum absolute atomic E-state index is 0.0206. The molecule has 2 atom stereocenters. The van der Waals surface area contributed by atoms with Crippen molar-refractivity contribution in [3.05, 3.63) is 42.1 Å². The fraction of sp³-hybridized carbons (Fsp3) is 0.476. The SMILES string of the molecule is COc1cccc(-c2ccc(C(=O)N[C@@H]3C4CCN(CC4)[C@H]3C)n2C)c1. The number of aromatic nitrogens is 1. The molecule has 26 heavy (non-hydrogen) atoms. The molecular weight excluding hydrogens is 326 g/mol. The minimum Gasteiger partial charge on any atom is -0.497 e. The number of methoxy groups -OCH3 is 1. The number of hydrogen-bond donors (Lipinski definition) is 1. The van der Waals surface area contributed by atoms with Gasteiger partial charge in [0.05, 0.1) is 7.11 Å². The summed E-state index contributed by atoms with van der Waals surface area (Å²) in [5, 5.41) is 3.32. The van der Waals surface area contributed by atoms with Crippen LogP contribution in [0.5, 0.6) is 5.75 Å². The molecule has 5 heteroatoms. The minimum atomic E-state index is 0.0206. The predicted octanol–water partition coefficient (Wildman–Crippen LogP) is 2.91. The molecule has 2 bridgehead atoms. The van der Waals surface area contributed by atoms with E-state index < -0.39 is 0 Å². The van der Waals surface area contributed by atoms with Crippen LogP contribution < -0.4 is 10.1 Å². The molecule has 3 saturated heterocycles. The lowest BCUT2D eigenvalue weighted by molar-refractivity contribution is 0.0215. The highest BCUT2D eigenvalue weighted by molar-refractivity contribution is 5.94. The van der Waals surface area contributed by atoms with E-state index in [2.05, 4.69) is 17.1 Å². The molecule has 4 heterocycles. The van der Waals surface area contributed by atoms with Gasteiger partial charge in [-0.3, -0.25) is 9.69 Å². The maximum Gasteiger partial charge on any atom is 0.268 e. The van der Waals surface area contributed by atoms with Crippen molar-refractivity contribution in [2.45, 2.75) is 31.8 Å². The summed E-state index contributed by atoms with van der Waals surface area (Å²) in [5.41, 5.74) is 2.75. The predicted molar refractivity (Wildman–Crippen MR) is 102 cm³/mol. The van der Waals surface area contributed by atoms with E-state index in [1.54, 1.807) is 7.11 Å². The highest BCUT2D eigenvalue weighted by atomic mass is 16.5. The molecule has 5 nitrogen and oxygen atoms in total. The zero-order chi connectivity index (χ0) is 18.3. The fourth-order valence-electron chi connectivity index (χ4n) is 4.58. The Kier molecular flexibility index (Phi) is 4.49. The van der Waals surface area contributed by atoms with Gasteiger partial charge in [0.1, 0.15) is 11.4 Å². The fourth-order valence-corrected chi connectivity index (χ4v) is 4.58. The third-order valence-electron chi connectivity index (χ3n) is 6.20. The van der Waals surface area contributed by atoms with Crippen LogP contribution in [0.4, 0.5) is 0 Å². The Morgan fingerprint density at radius 2 is 1.96 bits per heavy atom. The number of carbonyl (C=O) groups excluding carboxylic acids is 1. The monoisotopic (exact) mass is 353 g/mol. The highest BCUT2D eigenvalue weighted by Crippen LogP contribution is 2.32. The second-order valence-corrected chi connectivity index (χ2v) is 7.51. The molecule has 3 aliphatic heterocycles. The molecule has 1 N–H and O–H groups in total. The molecule has 1 aromatic carbocycles. The number of nitrogens with zero attached hydrogens (tertiary/aromatic N) is 2. The van der Waals surface area contributed by atoms with E-state index in [0.717, 1.165) is 17.0 Å². The van der Waals surface area contributed by atoms with Gasteiger partial charge in [0, 0.05) is 30.4 Å². The molecule has 2 aromatic rings. The van der Waals surface area contributed by atoms with Crippen LogP contribution in [0.2, 0.25) is 0 Å². The number of rotatable bonds is 4. The van der Waals surface area contributed by atoms with E-state index in [-0.39, 0.29) is 11.9 Å². The van der Waals surface area contributed by atoms with Crippen LogP contribution in [-0.2, 0) is 7.05 Å². The topological polar surface area (TPSA) is 46.5 Å². The Bertz CT molecular complexity index is 803. The maximum atomic E-state index is 12.9. The van der Waals surface area contributed by atoms with Gasteiger partial charge >= 0.3 is 0 Å². The van der Waals surface area contributed by atoms with Crippen molar-refractivity contribution >= 4 is 5.91 Å². The summed E-state index contributed by atoms with van der Waals surface area (Å²) in [7, 11) is 3.61. The Balaban J connectivity index is 1.55. The number of ether oxygens (including phenoxy) is 1. The van der Waals surface area contributed by atoms with Crippen molar-refractivity contribution in [2.75, 3.05) is 20.2 Å². The van der Waals surface area contributed by atoms with Gasteiger partial charge < -0.3 is 14.6 Å². The number of nitrogens with one attached hydrogen (secondary N) is 1. The van der Waals surface area contributed by atoms with Gasteiger partial charge in [-0.05, 0) is 63.0 Å². The third kappa shape index (κ3) is 2.90. The number of amides is 1. The standard InChI is InChI=1S/C21H27N3O2/c1-14-20(15-9-11-24(14)12-10-15)22-21(25)19-8-7-18(23(19)2)16-5-4-6-17(13-16)26-3/h4-8,13-15,20H,9-12H2,1-3H3,(H,22,25)/t14-,20-/m0/s1. The van der Waals surface area contributed by atoms with E-state index in [1.807, 2.05) is 48.0 Å². The van der Waals surface area contributed by atoms with Crippen LogP contribution in [0.1, 0.15) is 30.3 Å². The molecular formula is C21H27N3O2. The summed E-state index contributed by atoms with van der Waals surface area (Å²) >= 11 is 0. The lowest BCUT2D eigenvalue weighted by Crippen LogP contribution is -2.62. The molecule has 3 aliphatic rings. The van der Waals surface area contributed by atoms with E-state index >= 15 is 0 Å². The molecule has 0 radical (unpaired) electrons. The molecule has 0 saturated carbocycles. The first-order valence-corrected chi connectivity index (χ1v) is 9.43. The second kappa shape index (κ2) is 6.80. The first kappa shape index (κ1) is 17.2. The summed E-state index contributed by atoms with van der Waals surface area (Å²) in [6.07, 6.45) is 2.38. The van der Waals surface area contributed by atoms with Gasteiger partial charge in [0.2, 0.25) is 0 Å². The van der Waals surface area contributed by atoms with Crippen molar-refractivity contribution in [1.82, 2.24) is 14.8 Å². The van der Waals surface area contributed by atoms with Gasteiger partial charge in [-0.1, -0.05) is 12.1 Å². The van der Waals surface area contributed by atoms with Crippen molar-refractivity contribution in [2.24, 2.45) is 13.0 Å². The number of fused-ring (bicyclic) bond motifs is 3. The first-order valence-electron chi connectivity index (χ1n) is 9.43. The summed E-state index contributed by atoms with van der Waals surface area (Å²) in [5.74, 6) is 1.44. The molecule has 0 unspecified atom stereocenters. The maximum absolute atomic E-state index is 12.9. The zero-order valence-electron chi connectivity index (χ0n) is 15.7. The Morgan fingerprint density at radius 3 is 2.65 bits per heavy atom. The molecule has 1 aromatic heterocycles. The van der Waals surface area contributed by atoms with Crippen LogP contribution in [0.15, 0.2) is 36.4 Å². The first-order chi connectivity index (χ1) is 12.6. The Hall–Kier alpha value is -2.27. The number of benzene rings is 1. The van der Waals surface area contributed by atoms with Gasteiger partial charge in [0.15, 0.2) is 0 Å². The van der Waals surface area contributed by atoms with Crippen molar-refractivity contribution in [1.29, 1.82) is 0 Å². The summed E-state index contributed by atoms with van der Waals surface area (Å²) in [6.45, 7) is 4.58. The summed E-state index contributed by atoms with van der Waals surface area (Å²) < 4.78 is 7.29. The van der Waals surface area contributed by atoms with Gasteiger partial charge in [0.25, 0.3) is 5.91 Å². The normalized spacial score (nSPS) is 27.3. The van der Waals surface area contributed by atoms with Crippen LogP contribution in [0.25, 0.3) is 11.3 Å². The zero-order valence-corrected chi connectivity index (χ0v) is 15.7. The van der Waals surface area contributed by atoms with Crippen molar-refractivity contribution < 1.29 is 9.53 Å². The smallest absolute Gasteiger partial charge is 0.268 e. The average Bonchev–Trinajstić information content (AvgIpc) is 3.06. The molecule has 5 rings (SSSR count). The Labute approximate surface area is 154 Å². The summed E-state index contributed by atoms with van der Waals surface area (Å²) in [4.78, 5) is 15.4. The van der Waals surface area contributed by atoms with Crippen LogP contribution in [-0.4, -0.2) is 47.7 Å². The largest absolute Gasteiger partial charge is 0.497 e. The number of hydrogen-bond acceptors (Lipinski definition) is 3. The van der Waals surface area contributed by atoms with Gasteiger partial charge in [-0.25, -0.2) is 0 Å². The average molecular weight is 353 g/mol. The van der Waals surface area contributed by atoms with Crippen LogP contribution in [0, 0.1) is 5.92 Å². The molecule has 0 aliphatic carbocycles. The van der Waals surface area contributed by atoms with Crippen LogP contribution >= 0.6 is 0 Å². The summed E-state index contributed by atoms with van der Waals surface area (Å²) in [6, 6.07) is 12.5. The molecule has 138 valence electrons. The lowest BCUT2D eigenvalue weighted by Gasteiger charge is -2.49. The second-order valence-electron chi connectivity index (χ2n) is 7.51. The quantitative estimate of drug-likeness (QED) is 0.919. The number of carbonyl (C=O) groups is 1. The molecule has 1 amide bonds. The van der Waals surface area contributed by atoms with Gasteiger partial charge in [-0.2, -0.15) is 0 Å². The third-order valence-corrected chi connectivity index (χ3v) is 6.20. The molecule has 3 fully saturated rings. The van der Waals surface area contributed by atoms with Crippen LogP contribution in [0.3, 0.4) is 0 Å². The van der Waals surface area contributed by atoms with Crippen molar-refractivity contribution in [3.8, 4) is 17.0 Å².